The molecule has 0 unspecified atom stereocenters. The molecule has 120 valence electrons. The Kier molecular flexibility index (Phi) is 4.14. The smallest absolute Gasteiger partial charge is 0.277 e. The van der Waals surface area contributed by atoms with Crippen molar-refractivity contribution in [2.75, 3.05) is 0 Å². The number of rotatable bonds is 5. The molecule has 0 spiro atoms. The van der Waals surface area contributed by atoms with Gasteiger partial charge in [0.25, 0.3) is 11.1 Å². The molecule has 0 aromatic carbocycles. The van der Waals surface area contributed by atoms with Crippen molar-refractivity contribution in [1.29, 1.82) is 0 Å². The molecule has 4 rings (SSSR count). The Hall–Kier alpha value is -2.09. The summed E-state index contributed by atoms with van der Waals surface area (Å²) in [5.41, 5.74) is 0.770. The first-order valence-corrected chi connectivity index (χ1v) is 8.68. The van der Waals surface area contributed by atoms with E-state index in [2.05, 4.69) is 20.3 Å². The minimum Gasteiger partial charge on any atom is -0.472 e. The Morgan fingerprint density at radius 3 is 2.91 bits per heavy atom. The average molecular weight is 332 g/mol. The van der Waals surface area contributed by atoms with Gasteiger partial charge in [-0.25, -0.2) is 0 Å². The Morgan fingerprint density at radius 1 is 1.17 bits per heavy atom. The summed E-state index contributed by atoms with van der Waals surface area (Å²) in [6.45, 7) is 0. The van der Waals surface area contributed by atoms with Crippen LogP contribution in [0.2, 0.25) is 0 Å². The zero-order chi connectivity index (χ0) is 15.5. The summed E-state index contributed by atoms with van der Waals surface area (Å²) >= 11 is 1.42. The quantitative estimate of drug-likeness (QED) is 0.646. The summed E-state index contributed by atoms with van der Waals surface area (Å²) in [7, 11) is 0. The van der Waals surface area contributed by atoms with Crippen LogP contribution in [0, 0.1) is 0 Å². The van der Waals surface area contributed by atoms with Gasteiger partial charge in [-0.15, -0.1) is 10.2 Å². The average Bonchev–Trinajstić information content (AvgIpc) is 3.33. The summed E-state index contributed by atoms with van der Waals surface area (Å²) in [4.78, 5) is 4.32. The van der Waals surface area contributed by atoms with Crippen LogP contribution in [0.15, 0.2) is 37.2 Å². The Bertz CT molecular complexity index is 746. The molecule has 3 heterocycles. The fourth-order valence-electron chi connectivity index (χ4n) is 2.74. The third kappa shape index (κ3) is 3.31. The van der Waals surface area contributed by atoms with E-state index >= 15 is 0 Å². The fraction of sp³-hybridized carbons (Fsp3) is 0.467. The van der Waals surface area contributed by atoms with Gasteiger partial charge in [-0.2, -0.15) is 4.98 Å². The highest BCUT2D eigenvalue weighted by Crippen LogP contribution is 2.33. The molecule has 7 nitrogen and oxygen atoms in total. The van der Waals surface area contributed by atoms with E-state index in [0.717, 1.165) is 24.3 Å². The van der Waals surface area contributed by atoms with Gasteiger partial charge in [-0.1, -0.05) is 36.2 Å². The third-order valence-electron chi connectivity index (χ3n) is 3.94. The molecule has 0 saturated heterocycles. The predicted octanol–water partition coefficient (Wildman–Crippen LogP) is 4.05. The molecule has 0 atom stereocenters. The Balaban J connectivity index is 1.37. The highest BCUT2D eigenvalue weighted by atomic mass is 32.2. The van der Waals surface area contributed by atoms with Gasteiger partial charge in [0.15, 0.2) is 5.82 Å². The first kappa shape index (κ1) is 14.5. The number of furan rings is 1. The Morgan fingerprint density at radius 2 is 2.09 bits per heavy atom. The number of nitrogens with zero attached hydrogens (tertiary/aromatic N) is 4. The largest absolute Gasteiger partial charge is 0.472 e. The molecule has 0 bridgehead atoms. The zero-order valence-corrected chi connectivity index (χ0v) is 13.3. The molecular formula is C15H16N4O3S. The van der Waals surface area contributed by atoms with Crippen LogP contribution >= 0.6 is 11.8 Å². The topological polar surface area (TPSA) is 91.0 Å². The number of hydrogen-bond donors (Lipinski definition) is 0. The molecule has 1 fully saturated rings. The second-order valence-electron chi connectivity index (χ2n) is 5.56. The third-order valence-corrected chi connectivity index (χ3v) is 4.75. The van der Waals surface area contributed by atoms with Crippen LogP contribution in [0.4, 0.5) is 0 Å². The maximum absolute atomic E-state index is 5.76. The van der Waals surface area contributed by atoms with Crippen LogP contribution in [0.3, 0.4) is 0 Å². The second kappa shape index (κ2) is 6.57. The monoisotopic (exact) mass is 332 g/mol. The molecule has 1 aliphatic rings. The Labute approximate surface area is 136 Å². The number of aromatic nitrogens is 4. The van der Waals surface area contributed by atoms with E-state index in [1.54, 1.807) is 18.6 Å². The van der Waals surface area contributed by atoms with E-state index in [-0.39, 0.29) is 0 Å². The van der Waals surface area contributed by atoms with Crippen molar-refractivity contribution in [1.82, 2.24) is 20.3 Å². The van der Waals surface area contributed by atoms with E-state index in [9.17, 15) is 0 Å². The predicted molar refractivity (Wildman–Crippen MR) is 81.7 cm³/mol. The highest BCUT2D eigenvalue weighted by molar-refractivity contribution is 7.98. The lowest BCUT2D eigenvalue weighted by atomic mass is 9.89. The van der Waals surface area contributed by atoms with Gasteiger partial charge >= 0.3 is 0 Å². The maximum atomic E-state index is 5.76. The standard InChI is InChI=1S/C15H16N4O3S/c1-2-4-10(5-3-1)14-17-18-15(21-14)23-9-12-16-13(22-19-12)11-6-7-20-8-11/h6-8,10H,1-5,9H2. The SMILES string of the molecule is c1cc(-c2nc(CSc3nnc(C4CCCCC4)o3)no2)co1. The van der Waals surface area contributed by atoms with Gasteiger partial charge in [-0.3, -0.25) is 0 Å². The van der Waals surface area contributed by atoms with E-state index < -0.39 is 0 Å². The molecule has 3 aromatic heterocycles. The maximum Gasteiger partial charge on any atom is 0.277 e. The van der Waals surface area contributed by atoms with Crippen LogP contribution in [-0.2, 0) is 5.75 Å². The van der Waals surface area contributed by atoms with Crippen LogP contribution in [0.25, 0.3) is 11.5 Å². The summed E-state index contributed by atoms with van der Waals surface area (Å²) in [6.07, 6.45) is 9.22. The second-order valence-corrected chi connectivity index (χ2v) is 6.48. The normalized spacial score (nSPS) is 16.0. The molecule has 0 amide bonds. The first-order valence-electron chi connectivity index (χ1n) is 7.70. The van der Waals surface area contributed by atoms with Gasteiger partial charge in [0.1, 0.15) is 6.26 Å². The van der Waals surface area contributed by atoms with E-state index in [1.807, 2.05) is 0 Å². The molecule has 1 aliphatic carbocycles. The van der Waals surface area contributed by atoms with Crippen LogP contribution in [-0.4, -0.2) is 20.3 Å². The molecule has 8 heteroatoms. The van der Waals surface area contributed by atoms with Crippen molar-refractivity contribution in [3.8, 4) is 11.5 Å². The molecule has 23 heavy (non-hydrogen) atoms. The van der Waals surface area contributed by atoms with E-state index in [1.165, 1.54) is 31.0 Å². The van der Waals surface area contributed by atoms with Crippen molar-refractivity contribution in [3.05, 3.63) is 30.3 Å². The lowest BCUT2D eigenvalue weighted by molar-refractivity contribution is 0.334. The summed E-state index contributed by atoms with van der Waals surface area (Å²) in [5.74, 6) is 2.74. The first-order chi connectivity index (χ1) is 11.4. The minimum absolute atomic E-state index is 0.420. The van der Waals surface area contributed by atoms with Crippen LogP contribution in [0.5, 0.6) is 0 Å². The number of hydrogen-bond acceptors (Lipinski definition) is 8. The van der Waals surface area contributed by atoms with Crippen molar-refractivity contribution in [3.63, 3.8) is 0 Å². The van der Waals surface area contributed by atoms with Gasteiger partial charge in [-0.05, 0) is 18.9 Å². The molecule has 0 aliphatic heterocycles. The lowest BCUT2D eigenvalue weighted by Gasteiger charge is -2.17. The van der Waals surface area contributed by atoms with Crippen molar-refractivity contribution < 1.29 is 13.4 Å². The summed E-state index contributed by atoms with van der Waals surface area (Å²) in [6, 6.07) is 1.78. The lowest BCUT2D eigenvalue weighted by Crippen LogP contribution is -2.04. The minimum atomic E-state index is 0.420. The van der Waals surface area contributed by atoms with Gasteiger partial charge in [0, 0.05) is 5.92 Å². The molecule has 0 N–H and O–H groups in total. The van der Waals surface area contributed by atoms with Crippen molar-refractivity contribution in [2.45, 2.75) is 49.0 Å². The van der Waals surface area contributed by atoms with E-state index in [4.69, 9.17) is 13.4 Å². The van der Waals surface area contributed by atoms with Crippen LogP contribution < -0.4 is 0 Å². The van der Waals surface area contributed by atoms with E-state index in [0.29, 0.717) is 28.6 Å². The number of thioether (sulfide) groups is 1. The van der Waals surface area contributed by atoms with Gasteiger partial charge in [0.2, 0.25) is 5.89 Å². The van der Waals surface area contributed by atoms with Gasteiger partial charge in [0.05, 0.1) is 17.6 Å². The molecule has 1 saturated carbocycles. The summed E-state index contributed by atoms with van der Waals surface area (Å²) < 4.78 is 16.0. The summed E-state index contributed by atoms with van der Waals surface area (Å²) in [5, 5.41) is 12.8. The molecular weight excluding hydrogens is 316 g/mol. The van der Waals surface area contributed by atoms with Crippen molar-refractivity contribution >= 4 is 11.8 Å². The highest BCUT2D eigenvalue weighted by Gasteiger charge is 2.21. The van der Waals surface area contributed by atoms with Crippen molar-refractivity contribution in [2.24, 2.45) is 0 Å². The van der Waals surface area contributed by atoms with Crippen LogP contribution in [0.1, 0.15) is 49.7 Å². The fourth-order valence-corrected chi connectivity index (χ4v) is 3.35. The van der Waals surface area contributed by atoms with Gasteiger partial charge < -0.3 is 13.4 Å². The molecule has 3 aromatic rings. The zero-order valence-electron chi connectivity index (χ0n) is 12.5. The molecule has 0 radical (unpaired) electrons.